The molecule has 5 heteroatoms. The molecular formula is C10H14N4O. The van der Waals surface area contributed by atoms with E-state index in [1.165, 1.54) is 0 Å². The number of amides is 1. The zero-order valence-corrected chi connectivity index (χ0v) is 8.53. The average molecular weight is 206 g/mol. The second kappa shape index (κ2) is 4.99. The Morgan fingerprint density at radius 1 is 1.40 bits per heavy atom. The van der Waals surface area contributed by atoms with Gasteiger partial charge < -0.3 is 16.9 Å². The molecule has 0 bridgehead atoms. The number of aryl methyl sites for hydroxylation is 1. The quantitative estimate of drug-likeness (QED) is 0.280. The summed E-state index contributed by atoms with van der Waals surface area (Å²) >= 11 is 0. The van der Waals surface area contributed by atoms with Crippen LogP contribution in [0.5, 0.6) is 0 Å². The van der Waals surface area contributed by atoms with Gasteiger partial charge in [-0.25, -0.2) is 0 Å². The van der Waals surface area contributed by atoms with Crippen molar-refractivity contribution in [2.45, 2.75) is 6.92 Å². The molecule has 0 heterocycles. The smallest absolute Gasteiger partial charge is 0.251 e. The molecule has 0 unspecified atom stereocenters. The van der Waals surface area contributed by atoms with Crippen molar-refractivity contribution in [2.75, 3.05) is 6.54 Å². The van der Waals surface area contributed by atoms with Crippen molar-refractivity contribution in [3.05, 3.63) is 35.4 Å². The molecule has 0 spiro atoms. The molecule has 0 atom stereocenters. The molecule has 5 N–H and O–H groups in total. The molecule has 0 aliphatic rings. The maximum absolute atomic E-state index is 11.5. The minimum Gasteiger partial charge on any atom is -0.384 e. The molecule has 1 aromatic rings. The fourth-order valence-electron chi connectivity index (χ4n) is 1.02. The lowest BCUT2D eigenvalue weighted by molar-refractivity contribution is 0.0959. The van der Waals surface area contributed by atoms with Gasteiger partial charge >= 0.3 is 0 Å². The zero-order chi connectivity index (χ0) is 11.3. The molecule has 1 aromatic carbocycles. The van der Waals surface area contributed by atoms with E-state index in [0.29, 0.717) is 5.56 Å². The average Bonchev–Trinajstić information content (AvgIpc) is 2.26. The highest BCUT2D eigenvalue weighted by Crippen LogP contribution is 2.02. The Morgan fingerprint density at radius 2 is 2.00 bits per heavy atom. The van der Waals surface area contributed by atoms with Crippen molar-refractivity contribution < 1.29 is 4.79 Å². The lowest BCUT2D eigenvalue weighted by atomic mass is 10.1. The Bertz CT molecular complexity index is 370. The molecule has 1 amide bonds. The summed E-state index contributed by atoms with van der Waals surface area (Å²) < 4.78 is 0. The van der Waals surface area contributed by atoms with Gasteiger partial charge in [-0.2, -0.15) is 5.10 Å². The van der Waals surface area contributed by atoms with E-state index in [4.69, 9.17) is 11.6 Å². The molecule has 0 radical (unpaired) electrons. The van der Waals surface area contributed by atoms with Crippen molar-refractivity contribution in [1.82, 2.24) is 5.32 Å². The normalized spacial score (nSPS) is 11.1. The van der Waals surface area contributed by atoms with Gasteiger partial charge in [0.05, 0.1) is 6.54 Å². The van der Waals surface area contributed by atoms with Gasteiger partial charge in [0.25, 0.3) is 5.91 Å². The zero-order valence-electron chi connectivity index (χ0n) is 8.53. The van der Waals surface area contributed by atoms with E-state index in [0.717, 1.165) is 5.56 Å². The van der Waals surface area contributed by atoms with E-state index in [1.807, 2.05) is 19.1 Å². The van der Waals surface area contributed by atoms with Gasteiger partial charge in [-0.3, -0.25) is 4.79 Å². The summed E-state index contributed by atoms with van der Waals surface area (Å²) in [5.41, 5.74) is 7.03. The minimum absolute atomic E-state index is 0.156. The number of nitrogens with zero attached hydrogens (tertiary/aromatic N) is 1. The number of hydrogen-bond donors (Lipinski definition) is 3. The number of carbonyl (C=O) groups excluding carboxylic acids is 1. The fourth-order valence-corrected chi connectivity index (χ4v) is 1.02. The molecule has 0 fully saturated rings. The predicted octanol–water partition coefficient (Wildman–Crippen LogP) is -0.0443. The Labute approximate surface area is 88.1 Å². The molecule has 0 saturated heterocycles. The second-order valence-electron chi connectivity index (χ2n) is 3.17. The van der Waals surface area contributed by atoms with Crippen LogP contribution in [0.4, 0.5) is 0 Å². The maximum Gasteiger partial charge on any atom is 0.251 e. The minimum atomic E-state index is -0.193. The van der Waals surface area contributed by atoms with Crippen LogP contribution in [0.1, 0.15) is 15.9 Å². The molecule has 15 heavy (non-hydrogen) atoms. The molecule has 0 aromatic heterocycles. The van der Waals surface area contributed by atoms with Crippen LogP contribution in [0, 0.1) is 6.92 Å². The number of rotatable bonds is 3. The topological polar surface area (TPSA) is 93.5 Å². The monoisotopic (exact) mass is 206 g/mol. The molecule has 80 valence electrons. The number of carbonyl (C=O) groups is 1. The van der Waals surface area contributed by atoms with Crippen molar-refractivity contribution in [3.8, 4) is 0 Å². The highest BCUT2D eigenvalue weighted by Gasteiger charge is 2.04. The number of nitrogens with one attached hydrogen (secondary N) is 1. The first-order chi connectivity index (χ1) is 7.13. The summed E-state index contributed by atoms with van der Waals surface area (Å²) in [6, 6.07) is 7.24. The summed E-state index contributed by atoms with van der Waals surface area (Å²) in [4.78, 5) is 11.5. The first-order valence-corrected chi connectivity index (χ1v) is 4.50. The molecular weight excluding hydrogens is 192 g/mol. The first kappa shape index (κ1) is 11.0. The molecule has 1 rings (SSSR count). The molecule has 0 saturated carbocycles. The highest BCUT2D eigenvalue weighted by atomic mass is 16.1. The molecule has 5 nitrogen and oxygen atoms in total. The number of hydrogen-bond acceptors (Lipinski definition) is 3. The summed E-state index contributed by atoms with van der Waals surface area (Å²) in [6.07, 6.45) is 0. The number of benzene rings is 1. The van der Waals surface area contributed by atoms with E-state index in [-0.39, 0.29) is 18.3 Å². The Kier molecular flexibility index (Phi) is 3.68. The standard InChI is InChI=1S/C10H14N4O/c1-7-2-4-8(5-3-7)10(15)13-6-9(11)14-12/h2-5H,6,12H2,1H3,(H2,11,14)(H,13,15). The van der Waals surface area contributed by atoms with Gasteiger partial charge in [-0.1, -0.05) is 17.7 Å². The third-order valence-corrected chi connectivity index (χ3v) is 1.91. The predicted molar refractivity (Wildman–Crippen MR) is 59.3 cm³/mol. The van der Waals surface area contributed by atoms with Crippen LogP contribution in [0.3, 0.4) is 0 Å². The van der Waals surface area contributed by atoms with Crippen molar-refractivity contribution in [1.29, 1.82) is 0 Å². The molecule has 0 aliphatic heterocycles. The van der Waals surface area contributed by atoms with E-state index >= 15 is 0 Å². The van der Waals surface area contributed by atoms with Crippen LogP contribution in [-0.4, -0.2) is 18.3 Å². The van der Waals surface area contributed by atoms with E-state index in [1.54, 1.807) is 12.1 Å². The summed E-state index contributed by atoms with van der Waals surface area (Å²) in [5.74, 6) is 4.93. The first-order valence-electron chi connectivity index (χ1n) is 4.50. The number of hydrazone groups is 1. The van der Waals surface area contributed by atoms with Gasteiger partial charge in [0.15, 0.2) is 0 Å². The van der Waals surface area contributed by atoms with Crippen LogP contribution in [0.25, 0.3) is 0 Å². The van der Waals surface area contributed by atoms with E-state index in [9.17, 15) is 4.79 Å². The van der Waals surface area contributed by atoms with Gasteiger partial charge in [-0.15, -0.1) is 0 Å². The Morgan fingerprint density at radius 3 is 2.53 bits per heavy atom. The Hall–Kier alpha value is -2.04. The van der Waals surface area contributed by atoms with Crippen LogP contribution in [0.2, 0.25) is 0 Å². The van der Waals surface area contributed by atoms with Crippen molar-refractivity contribution in [2.24, 2.45) is 16.7 Å². The Balaban J connectivity index is 2.58. The number of nitrogens with two attached hydrogens (primary N) is 2. The van der Waals surface area contributed by atoms with Crippen molar-refractivity contribution in [3.63, 3.8) is 0 Å². The number of amidine groups is 1. The third-order valence-electron chi connectivity index (χ3n) is 1.91. The SMILES string of the molecule is Cc1ccc(C(=O)NC/C(N)=N/N)cc1. The third kappa shape index (κ3) is 3.30. The van der Waals surface area contributed by atoms with Gasteiger partial charge in [-0.05, 0) is 19.1 Å². The summed E-state index contributed by atoms with van der Waals surface area (Å²) in [6.45, 7) is 2.12. The summed E-state index contributed by atoms with van der Waals surface area (Å²) in [7, 11) is 0. The van der Waals surface area contributed by atoms with Gasteiger partial charge in [0.2, 0.25) is 0 Å². The van der Waals surface area contributed by atoms with E-state index < -0.39 is 0 Å². The van der Waals surface area contributed by atoms with E-state index in [2.05, 4.69) is 10.4 Å². The van der Waals surface area contributed by atoms with Crippen molar-refractivity contribution >= 4 is 11.7 Å². The molecule has 0 aliphatic carbocycles. The lowest BCUT2D eigenvalue weighted by Crippen LogP contribution is -2.34. The maximum atomic E-state index is 11.5. The summed E-state index contributed by atoms with van der Waals surface area (Å²) in [5, 5.41) is 5.84. The van der Waals surface area contributed by atoms with Crippen LogP contribution in [-0.2, 0) is 0 Å². The van der Waals surface area contributed by atoms with Gasteiger partial charge in [0.1, 0.15) is 5.84 Å². The van der Waals surface area contributed by atoms with Crippen LogP contribution >= 0.6 is 0 Å². The lowest BCUT2D eigenvalue weighted by Gasteiger charge is -2.04. The fraction of sp³-hybridized carbons (Fsp3) is 0.200. The van der Waals surface area contributed by atoms with Gasteiger partial charge in [0, 0.05) is 5.56 Å². The second-order valence-corrected chi connectivity index (χ2v) is 3.17. The van der Waals surface area contributed by atoms with Crippen LogP contribution < -0.4 is 16.9 Å². The largest absolute Gasteiger partial charge is 0.384 e. The van der Waals surface area contributed by atoms with Crippen LogP contribution in [0.15, 0.2) is 29.4 Å². The highest BCUT2D eigenvalue weighted by molar-refractivity contribution is 5.96.